The molecule has 112 valence electrons. The Bertz CT molecular complexity index is 520. The number of hydrogen-bond donors (Lipinski definition) is 1. The normalized spacial score (nSPS) is 18.7. The summed E-state index contributed by atoms with van der Waals surface area (Å²) in [7, 11) is 0. The highest BCUT2D eigenvalue weighted by molar-refractivity contribution is 5.34. The number of rotatable bonds is 5. The first kappa shape index (κ1) is 15.4. The Morgan fingerprint density at radius 3 is 2.52 bits per heavy atom. The maximum Gasteiger partial charge on any atom is 0.269 e. The molecular weight excluding hydrogens is 274 g/mol. The molecule has 0 unspecified atom stereocenters. The van der Waals surface area contributed by atoms with Crippen LogP contribution in [0.5, 0.6) is 0 Å². The zero-order valence-electron chi connectivity index (χ0n) is 11.5. The van der Waals surface area contributed by atoms with Crippen LogP contribution in [0.1, 0.15) is 11.7 Å². The Hall–Kier alpha value is -2.01. The lowest BCUT2D eigenvalue weighted by molar-refractivity contribution is -0.384. The van der Waals surface area contributed by atoms with Gasteiger partial charge in [-0.1, -0.05) is 0 Å². The van der Waals surface area contributed by atoms with Crippen molar-refractivity contribution in [3.05, 3.63) is 39.9 Å². The smallest absolute Gasteiger partial charge is 0.269 e. The van der Waals surface area contributed by atoms with Gasteiger partial charge in [0.05, 0.1) is 36.2 Å². The molecule has 1 aliphatic rings. The zero-order valence-corrected chi connectivity index (χ0v) is 11.5. The van der Waals surface area contributed by atoms with Crippen molar-refractivity contribution < 1.29 is 14.8 Å². The van der Waals surface area contributed by atoms with Crippen molar-refractivity contribution in [3.8, 4) is 6.07 Å². The first-order valence-electron chi connectivity index (χ1n) is 6.74. The topological polar surface area (TPSA) is 99.6 Å². The number of nitro benzene ring substituents is 1. The molecule has 7 nitrogen and oxygen atoms in total. The molecule has 21 heavy (non-hydrogen) atoms. The lowest BCUT2D eigenvalue weighted by atomic mass is 9.96. The minimum atomic E-state index is -0.960. The van der Waals surface area contributed by atoms with Crippen LogP contribution in [-0.4, -0.2) is 47.8 Å². The summed E-state index contributed by atoms with van der Waals surface area (Å²) in [6, 6.07) is 7.77. The summed E-state index contributed by atoms with van der Waals surface area (Å²) in [6.07, 6.45) is -0.960. The molecule has 1 aromatic carbocycles. The molecule has 7 heteroatoms. The molecule has 2 atom stereocenters. The van der Waals surface area contributed by atoms with E-state index in [4.69, 9.17) is 4.74 Å². The van der Waals surface area contributed by atoms with Crippen LogP contribution in [0.25, 0.3) is 0 Å². The highest BCUT2D eigenvalue weighted by Gasteiger charge is 2.24. The summed E-state index contributed by atoms with van der Waals surface area (Å²) in [5, 5.41) is 30.2. The fourth-order valence-corrected chi connectivity index (χ4v) is 2.30. The van der Waals surface area contributed by atoms with E-state index in [2.05, 4.69) is 11.0 Å². The molecular formula is C14H17N3O4. The van der Waals surface area contributed by atoms with E-state index >= 15 is 0 Å². The molecule has 1 fully saturated rings. The highest BCUT2D eigenvalue weighted by atomic mass is 16.6. The van der Waals surface area contributed by atoms with Gasteiger partial charge in [0.15, 0.2) is 0 Å². The molecule has 2 rings (SSSR count). The number of hydrogen-bond acceptors (Lipinski definition) is 6. The first-order chi connectivity index (χ1) is 10.1. The fraction of sp³-hybridized carbons (Fsp3) is 0.500. The highest BCUT2D eigenvalue weighted by Crippen LogP contribution is 2.24. The van der Waals surface area contributed by atoms with Gasteiger partial charge in [-0.05, 0) is 17.7 Å². The van der Waals surface area contributed by atoms with Crippen LogP contribution in [0.4, 0.5) is 5.69 Å². The average molecular weight is 291 g/mol. The molecule has 0 saturated carbocycles. The van der Waals surface area contributed by atoms with Gasteiger partial charge < -0.3 is 9.84 Å². The van der Waals surface area contributed by atoms with Crippen LogP contribution in [0.3, 0.4) is 0 Å². The van der Waals surface area contributed by atoms with Crippen LogP contribution < -0.4 is 0 Å². The largest absolute Gasteiger partial charge is 0.387 e. The minimum Gasteiger partial charge on any atom is -0.387 e. The van der Waals surface area contributed by atoms with Gasteiger partial charge in [-0.3, -0.25) is 15.0 Å². The lowest BCUT2D eigenvalue weighted by Gasteiger charge is -2.29. The molecule has 1 heterocycles. The van der Waals surface area contributed by atoms with E-state index in [1.807, 2.05) is 0 Å². The van der Waals surface area contributed by atoms with Crippen LogP contribution in [-0.2, 0) is 4.74 Å². The van der Waals surface area contributed by atoms with Crippen molar-refractivity contribution in [1.82, 2.24) is 4.90 Å². The number of aliphatic hydroxyl groups excluding tert-OH is 1. The molecule has 0 aromatic heterocycles. The molecule has 1 aliphatic heterocycles. The van der Waals surface area contributed by atoms with E-state index in [0.717, 1.165) is 13.1 Å². The number of ether oxygens (including phenoxy) is 1. The van der Waals surface area contributed by atoms with Gasteiger partial charge in [-0.15, -0.1) is 0 Å². The summed E-state index contributed by atoms with van der Waals surface area (Å²) in [4.78, 5) is 12.2. The zero-order chi connectivity index (χ0) is 15.2. The van der Waals surface area contributed by atoms with Crippen LogP contribution in [0.15, 0.2) is 24.3 Å². The molecule has 0 spiro atoms. The molecule has 1 N–H and O–H groups in total. The van der Waals surface area contributed by atoms with E-state index in [9.17, 15) is 20.5 Å². The monoisotopic (exact) mass is 291 g/mol. The molecule has 0 radical (unpaired) electrons. The summed E-state index contributed by atoms with van der Waals surface area (Å²) < 4.78 is 5.24. The summed E-state index contributed by atoms with van der Waals surface area (Å²) in [5.41, 5.74) is 0.480. The molecule has 1 saturated heterocycles. The van der Waals surface area contributed by atoms with Crippen LogP contribution >= 0.6 is 0 Å². The minimum absolute atomic E-state index is 0.0346. The van der Waals surface area contributed by atoms with Crippen molar-refractivity contribution in [3.63, 3.8) is 0 Å². The van der Waals surface area contributed by atoms with E-state index in [-0.39, 0.29) is 5.69 Å². The number of nitro groups is 1. The quantitative estimate of drug-likeness (QED) is 0.644. The van der Waals surface area contributed by atoms with Crippen molar-refractivity contribution in [2.24, 2.45) is 5.92 Å². The summed E-state index contributed by atoms with van der Waals surface area (Å²) in [5.74, 6) is -0.579. The summed E-state index contributed by atoms with van der Waals surface area (Å²) >= 11 is 0. The SMILES string of the molecule is N#C[C@@H](CN1CCOCC1)[C@@H](O)c1ccc([N+](=O)[O-])cc1. The summed E-state index contributed by atoms with van der Waals surface area (Å²) in [6.45, 7) is 3.20. The standard InChI is InChI=1S/C14H17N3O4/c15-9-12(10-16-5-7-21-8-6-16)14(18)11-1-3-13(4-2-11)17(19)20/h1-4,12,14,18H,5-8,10H2/t12-,14-/m0/s1. The number of morpholine rings is 1. The van der Waals surface area contributed by atoms with Gasteiger partial charge in [0, 0.05) is 31.8 Å². The number of aliphatic hydroxyl groups is 1. The van der Waals surface area contributed by atoms with E-state index in [1.54, 1.807) is 0 Å². The third-order valence-electron chi connectivity index (χ3n) is 3.55. The first-order valence-corrected chi connectivity index (χ1v) is 6.74. The van der Waals surface area contributed by atoms with E-state index < -0.39 is 16.9 Å². The van der Waals surface area contributed by atoms with E-state index in [1.165, 1.54) is 24.3 Å². The van der Waals surface area contributed by atoms with Crippen molar-refractivity contribution >= 4 is 5.69 Å². The second-order valence-corrected chi connectivity index (χ2v) is 4.94. The third kappa shape index (κ3) is 3.98. The Morgan fingerprint density at radius 2 is 2.00 bits per heavy atom. The Labute approximate surface area is 122 Å². The molecule has 0 aliphatic carbocycles. The lowest BCUT2D eigenvalue weighted by Crippen LogP contribution is -2.40. The fourth-order valence-electron chi connectivity index (χ4n) is 2.30. The Balaban J connectivity index is 2.03. The van der Waals surface area contributed by atoms with Gasteiger partial charge in [-0.25, -0.2) is 0 Å². The average Bonchev–Trinajstić information content (AvgIpc) is 2.53. The van der Waals surface area contributed by atoms with Gasteiger partial charge in [-0.2, -0.15) is 5.26 Å². The maximum atomic E-state index is 10.6. The Morgan fingerprint density at radius 1 is 1.38 bits per heavy atom. The van der Waals surface area contributed by atoms with Crippen molar-refractivity contribution in [1.29, 1.82) is 5.26 Å². The number of non-ortho nitro benzene ring substituents is 1. The maximum absolute atomic E-state index is 10.6. The predicted molar refractivity (Wildman–Crippen MR) is 74.4 cm³/mol. The second-order valence-electron chi connectivity index (χ2n) is 4.94. The predicted octanol–water partition coefficient (Wildman–Crippen LogP) is 1.10. The number of benzene rings is 1. The Kier molecular flexibility index (Phi) is 5.22. The van der Waals surface area contributed by atoms with Crippen molar-refractivity contribution in [2.45, 2.75) is 6.10 Å². The van der Waals surface area contributed by atoms with E-state index in [0.29, 0.717) is 25.3 Å². The van der Waals surface area contributed by atoms with Crippen LogP contribution in [0, 0.1) is 27.4 Å². The number of nitrogens with zero attached hydrogens (tertiary/aromatic N) is 3. The molecule has 0 bridgehead atoms. The van der Waals surface area contributed by atoms with Gasteiger partial charge in [0.2, 0.25) is 0 Å². The van der Waals surface area contributed by atoms with Gasteiger partial charge >= 0.3 is 0 Å². The molecule has 0 amide bonds. The van der Waals surface area contributed by atoms with Gasteiger partial charge in [0.25, 0.3) is 5.69 Å². The third-order valence-corrected chi connectivity index (χ3v) is 3.55. The van der Waals surface area contributed by atoms with Crippen LogP contribution in [0.2, 0.25) is 0 Å². The number of nitriles is 1. The molecule has 1 aromatic rings. The second kappa shape index (κ2) is 7.13. The van der Waals surface area contributed by atoms with Gasteiger partial charge in [0.1, 0.15) is 0 Å². The van der Waals surface area contributed by atoms with Crippen molar-refractivity contribution in [2.75, 3.05) is 32.8 Å².